The standard InChI is InChI=1S/C22H41N3O/c1-16-13-17(2)21(8-7-18(3)26-6)24-22(19(16)4)15-23-14-20-9-11-25(5)12-10-20/h7-8,16-20,22-23H,9-15H2,1-6H3/b8-7-. The Hall–Kier alpha value is -0.710. The molecule has 0 aliphatic carbocycles. The molecule has 1 fully saturated rings. The Morgan fingerprint density at radius 2 is 1.92 bits per heavy atom. The second-order valence-corrected chi connectivity index (χ2v) is 8.80. The van der Waals surface area contributed by atoms with Crippen molar-refractivity contribution in [3.05, 3.63) is 12.2 Å². The first kappa shape index (κ1) is 21.6. The lowest BCUT2D eigenvalue weighted by atomic mass is 9.84. The van der Waals surface area contributed by atoms with Gasteiger partial charge in [-0.25, -0.2) is 0 Å². The molecule has 1 saturated heterocycles. The first-order valence-corrected chi connectivity index (χ1v) is 10.6. The van der Waals surface area contributed by atoms with Crippen molar-refractivity contribution in [2.75, 3.05) is 40.3 Å². The number of hydrogen-bond donors (Lipinski definition) is 1. The summed E-state index contributed by atoms with van der Waals surface area (Å²) >= 11 is 0. The summed E-state index contributed by atoms with van der Waals surface area (Å²) in [5.74, 6) is 2.67. The van der Waals surface area contributed by atoms with Gasteiger partial charge in [0.2, 0.25) is 0 Å². The molecule has 0 saturated carbocycles. The topological polar surface area (TPSA) is 36.9 Å². The van der Waals surface area contributed by atoms with Gasteiger partial charge in [-0.05, 0) is 82.6 Å². The van der Waals surface area contributed by atoms with Crippen molar-refractivity contribution in [1.29, 1.82) is 0 Å². The quantitative estimate of drug-likeness (QED) is 0.750. The summed E-state index contributed by atoms with van der Waals surface area (Å²) in [7, 11) is 3.99. The smallest absolute Gasteiger partial charge is 0.0727 e. The van der Waals surface area contributed by atoms with Crippen LogP contribution in [0.2, 0.25) is 0 Å². The maximum absolute atomic E-state index is 5.36. The first-order chi connectivity index (χ1) is 12.4. The summed E-state index contributed by atoms with van der Waals surface area (Å²) in [6, 6.07) is 0.374. The average Bonchev–Trinajstić information content (AvgIpc) is 2.72. The van der Waals surface area contributed by atoms with Crippen LogP contribution in [-0.2, 0) is 4.74 Å². The van der Waals surface area contributed by atoms with Gasteiger partial charge in [-0.2, -0.15) is 0 Å². The van der Waals surface area contributed by atoms with Crippen LogP contribution in [-0.4, -0.2) is 63.1 Å². The number of likely N-dealkylation sites (tertiary alicyclic amines) is 1. The number of allylic oxidation sites excluding steroid dienone is 1. The Labute approximate surface area is 161 Å². The van der Waals surface area contributed by atoms with E-state index in [0.29, 0.717) is 23.8 Å². The molecule has 5 unspecified atom stereocenters. The molecule has 2 heterocycles. The zero-order chi connectivity index (χ0) is 19.1. The number of methoxy groups -OCH3 is 1. The van der Waals surface area contributed by atoms with E-state index in [-0.39, 0.29) is 6.10 Å². The predicted octanol–water partition coefficient (Wildman–Crippen LogP) is 3.63. The zero-order valence-corrected chi connectivity index (χ0v) is 17.9. The van der Waals surface area contributed by atoms with E-state index in [1.807, 2.05) is 0 Å². The van der Waals surface area contributed by atoms with Crippen LogP contribution in [0.15, 0.2) is 17.1 Å². The third kappa shape index (κ3) is 6.47. The number of aliphatic imine (C=N–C) groups is 1. The van der Waals surface area contributed by atoms with Gasteiger partial charge in [-0.3, -0.25) is 4.99 Å². The fourth-order valence-corrected chi connectivity index (χ4v) is 4.16. The number of rotatable bonds is 7. The molecule has 2 aliphatic rings. The molecule has 5 atom stereocenters. The molecule has 2 rings (SSSR count). The van der Waals surface area contributed by atoms with E-state index in [0.717, 1.165) is 19.0 Å². The minimum absolute atomic E-state index is 0.143. The summed E-state index contributed by atoms with van der Waals surface area (Å²) in [5, 5.41) is 3.76. The molecule has 0 aromatic rings. The van der Waals surface area contributed by atoms with Crippen molar-refractivity contribution in [2.45, 2.75) is 59.1 Å². The second kappa shape index (κ2) is 10.6. The highest BCUT2D eigenvalue weighted by atomic mass is 16.5. The molecule has 4 nitrogen and oxygen atoms in total. The number of nitrogens with zero attached hydrogens (tertiary/aromatic N) is 2. The van der Waals surface area contributed by atoms with E-state index < -0.39 is 0 Å². The van der Waals surface area contributed by atoms with Gasteiger partial charge in [0.25, 0.3) is 0 Å². The summed E-state index contributed by atoms with van der Waals surface area (Å²) < 4.78 is 5.36. The SMILES string of the molecule is COC(C)/C=C\C1=NC(CNCC2CCN(C)CC2)C(C)C(C)CC1C. The largest absolute Gasteiger partial charge is 0.378 e. The number of hydrogen-bond acceptors (Lipinski definition) is 4. The van der Waals surface area contributed by atoms with Gasteiger partial charge in [-0.15, -0.1) is 0 Å². The van der Waals surface area contributed by atoms with Gasteiger partial charge in [0.05, 0.1) is 12.1 Å². The Kier molecular flexibility index (Phi) is 8.78. The van der Waals surface area contributed by atoms with Crippen molar-refractivity contribution in [1.82, 2.24) is 10.2 Å². The van der Waals surface area contributed by atoms with E-state index in [2.05, 4.69) is 57.1 Å². The fraction of sp³-hybridized carbons (Fsp3) is 0.864. The van der Waals surface area contributed by atoms with Crippen LogP contribution in [0.4, 0.5) is 0 Å². The van der Waals surface area contributed by atoms with Crippen molar-refractivity contribution < 1.29 is 4.74 Å². The van der Waals surface area contributed by atoms with Crippen LogP contribution in [0.3, 0.4) is 0 Å². The van der Waals surface area contributed by atoms with Crippen LogP contribution >= 0.6 is 0 Å². The van der Waals surface area contributed by atoms with E-state index in [9.17, 15) is 0 Å². The lowest BCUT2D eigenvalue weighted by Crippen LogP contribution is -2.38. The molecular weight excluding hydrogens is 322 g/mol. The van der Waals surface area contributed by atoms with Crippen LogP contribution < -0.4 is 5.32 Å². The average molecular weight is 364 g/mol. The van der Waals surface area contributed by atoms with Crippen molar-refractivity contribution in [3.8, 4) is 0 Å². The van der Waals surface area contributed by atoms with Gasteiger partial charge < -0.3 is 15.0 Å². The highest BCUT2D eigenvalue weighted by Crippen LogP contribution is 2.29. The van der Waals surface area contributed by atoms with Crippen LogP contribution in [0.25, 0.3) is 0 Å². The fourth-order valence-electron chi connectivity index (χ4n) is 4.16. The summed E-state index contributed by atoms with van der Waals surface area (Å²) in [4.78, 5) is 7.63. The number of nitrogens with one attached hydrogen (secondary N) is 1. The molecule has 4 heteroatoms. The molecule has 0 aromatic heterocycles. The first-order valence-electron chi connectivity index (χ1n) is 10.6. The van der Waals surface area contributed by atoms with Crippen molar-refractivity contribution >= 4 is 5.71 Å². The molecule has 1 N–H and O–H groups in total. The molecule has 0 aromatic carbocycles. The van der Waals surface area contributed by atoms with Gasteiger partial charge in [0.1, 0.15) is 0 Å². The van der Waals surface area contributed by atoms with Gasteiger partial charge in [-0.1, -0.05) is 26.8 Å². The molecule has 0 spiro atoms. The van der Waals surface area contributed by atoms with Crippen LogP contribution in [0, 0.1) is 23.7 Å². The Morgan fingerprint density at radius 3 is 2.58 bits per heavy atom. The molecular formula is C22H41N3O. The van der Waals surface area contributed by atoms with Crippen LogP contribution in [0.1, 0.15) is 47.0 Å². The van der Waals surface area contributed by atoms with E-state index in [1.54, 1.807) is 7.11 Å². The third-order valence-electron chi connectivity index (χ3n) is 6.58. The third-order valence-corrected chi connectivity index (χ3v) is 6.58. The Morgan fingerprint density at radius 1 is 1.23 bits per heavy atom. The number of piperidine rings is 1. The summed E-state index contributed by atoms with van der Waals surface area (Å²) in [5.41, 5.74) is 1.25. The molecule has 150 valence electrons. The minimum Gasteiger partial charge on any atom is -0.378 e. The monoisotopic (exact) mass is 363 g/mol. The van der Waals surface area contributed by atoms with E-state index in [1.165, 1.54) is 38.1 Å². The molecule has 0 radical (unpaired) electrons. The molecule has 26 heavy (non-hydrogen) atoms. The maximum Gasteiger partial charge on any atom is 0.0727 e. The minimum atomic E-state index is 0.143. The number of ether oxygens (including phenoxy) is 1. The zero-order valence-electron chi connectivity index (χ0n) is 17.9. The molecule has 2 aliphatic heterocycles. The highest BCUT2D eigenvalue weighted by molar-refractivity contribution is 5.97. The Balaban J connectivity index is 1.95. The summed E-state index contributed by atoms with van der Waals surface area (Å²) in [6.07, 6.45) is 8.35. The second-order valence-electron chi connectivity index (χ2n) is 8.80. The van der Waals surface area contributed by atoms with Crippen molar-refractivity contribution in [3.63, 3.8) is 0 Å². The van der Waals surface area contributed by atoms with Crippen LogP contribution in [0.5, 0.6) is 0 Å². The van der Waals surface area contributed by atoms with E-state index >= 15 is 0 Å². The molecule has 0 amide bonds. The normalized spacial score (nSPS) is 33.2. The van der Waals surface area contributed by atoms with Gasteiger partial charge in [0, 0.05) is 19.4 Å². The lowest BCUT2D eigenvalue weighted by Gasteiger charge is -2.30. The predicted molar refractivity (Wildman–Crippen MR) is 112 cm³/mol. The highest BCUT2D eigenvalue weighted by Gasteiger charge is 2.29. The maximum atomic E-state index is 5.36. The van der Waals surface area contributed by atoms with E-state index in [4.69, 9.17) is 9.73 Å². The summed E-state index contributed by atoms with van der Waals surface area (Å²) in [6.45, 7) is 13.8. The van der Waals surface area contributed by atoms with Gasteiger partial charge >= 0.3 is 0 Å². The Bertz CT molecular complexity index is 468. The van der Waals surface area contributed by atoms with Gasteiger partial charge in [0.15, 0.2) is 0 Å². The lowest BCUT2D eigenvalue weighted by molar-refractivity contribution is 0.156. The molecule has 0 bridgehead atoms. The van der Waals surface area contributed by atoms with Crippen molar-refractivity contribution in [2.24, 2.45) is 28.7 Å².